The van der Waals surface area contributed by atoms with Gasteiger partial charge >= 0.3 is 23.9 Å². The van der Waals surface area contributed by atoms with Crippen molar-refractivity contribution in [3.05, 3.63) is 121 Å². The zero-order valence-corrected chi connectivity index (χ0v) is 30.6. The van der Waals surface area contributed by atoms with E-state index in [1.165, 1.54) is 6.26 Å². The quantitative estimate of drug-likeness (QED) is 0.0312. The average Bonchev–Trinajstić information content (AvgIpc) is 3.72. The van der Waals surface area contributed by atoms with E-state index in [2.05, 4.69) is 13.2 Å². The highest BCUT2D eigenvalue weighted by Crippen LogP contribution is 2.39. The molecule has 11 heteroatoms. The molecule has 0 amide bonds. The van der Waals surface area contributed by atoms with Gasteiger partial charge in [-0.3, -0.25) is 0 Å². The molecule has 4 rings (SSSR count). The maximum atomic E-state index is 13.2. The number of rotatable bonds is 23. The summed E-state index contributed by atoms with van der Waals surface area (Å²) in [4.78, 5) is 48.5. The lowest BCUT2D eigenvalue weighted by molar-refractivity contribution is -0.138. The van der Waals surface area contributed by atoms with E-state index in [-0.39, 0.29) is 11.5 Å². The summed E-state index contributed by atoms with van der Waals surface area (Å²) in [5, 5.41) is 0. The van der Waals surface area contributed by atoms with E-state index in [1.807, 2.05) is 0 Å². The van der Waals surface area contributed by atoms with Crippen molar-refractivity contribution in [1.82, 2.24) is 0 Å². The Hall–Kier alpha value is -6.10. The average molecular weight is 739 g/mol. The largest absolute Gasteiger partial charge is 0.494 e. The maximum Gasteiger partial charge on any atom is 0.343 e. The van der Waals surface area contributed by atoms with Crippen molar-refractivity contribution < 1.29 is 52.0 Å². The van der Waals surface area contributed by atoms with Crippen LogP contribution in [0.5, 0.6) is 23.0 Å². The van der Waals surface area contributed by atoms with Crippen LogP contribution in [-0.2, 0) is 19.1 Å². The van der Waals surface area contributed by atoms with Crippen LogP contribution in [0.2, 0.25) is 0 Å². The Balaban J connectivity index is 1.27. The van der Waals surface area contributed by atoms with Crippen molar-refractivity contribution in [3.63, 3.8) is 0 Å². The fraction of sp³-hybridized carbons (Fsp3) is 0.302. The van der Waals surface area contributed by atoms with Gasteiger partial charge in [0.2, 0.25) is 0 Å². The lowest BCUT2D eigenvalue weighted by atomic mass is 10.0. The molecule has 3 aromatic carbocycles. The first-order chi connectivity index (χ1) is 26.3. The number of carbonyl (C=O) groups excluding carboxylic acids is 4. The summed E-state index contributed by atoms with van der Waals surface area (Å²) < 4.78 is 38.8. The molecule has 0 radical (unpaired) electrons. The van der Waals surface area contributed by atoms with Crippen molar-refractivity contribution in [3.8, 4) is 34.3 Å². The second-order valence-electron chi connectivity index (χ2n) is 12.1. The summed E-state index contributed by atoms with van der Waals surface area (Å²) in [6.07, 6.45) is 10.7. The smallest absolute Gasteiger partial charge is 0.343 e. The van der Waals surface area contributed by atoms with E-state index in [0.29, 0.717) is 65.9 Å². The first kappa shape index (κ1) is 40.7. The Labute approximate surface area is 315 Å². The molecule has 1 heterocycles. The normalized spacial score (nSPS) is 10.5. The summed E-state index contributed by atoms with van der Waals surface area (Å²) in [6.45, 7) is 10.3. The molecule has 11 nitrogen and oxygen atoms in total. The van der Waals surface area contributed by atoms with Gasteiger partial charge in [0.05, 0.1) is 49.4 Å². The number of furan rings is 1. The molecule has 0 saturated carbocycles. The highest BCUT2D eigenvalue weighted by molar-refractivity contribution is 5.93. The number of hydrogen-bond acceptors (Lipinski definition) is 11. The standard InChI is InChI=1S/C43H46O11/c1-4-39(44)51-28-12-8-6-10-26-48-34-20-16-32(17-21-34)42(46)53-36-24-25-38(41(31(36)3)37-15-14-30-50-37)54-43(47)33-18-22-35(23-19-33)49-27-11-7-9-13-29-52-40(45)5-2/h4-5,14-25,30H,1-2,6-13,26-29H2,3H3. The minimum absolute atomic E-state index is 0.240. The molecule has 0 spiro atoms. The van der Waals surface area contributed by atoms with Gasteiger partial charge in [0, 0.05) is 17.7 Å². The Bertz CT molecular complexity index is 1820. The number of carbonyl (C=O) groups is 4. The van der Waals surface area contributed by atoms with Crippen LogP contribution in [0.15, 0.2) is 109 Å². The van der Waals surface area contributed by atoms with Crippen LogP contribution in [-0.4, -0.2) is 50.3 Å². The monoisotopic (exact) mass is 738 g/mol. The molecule has 1 aromatic heterocycles. The Kier molecular flexibility index (Phi) is 16.6. The molecule has 54 heavy (non-hydrogen) atoms. The van der Waals surface area contributed by atoms with Gasteiger partial charge in [-0.15, -0.1) is 0 Å². The van der Waals surface area contributed by atoms with Gasteiger partial charge in [0.25, 0.3) is 0 Å². The van der Waals surface area contributed by atoms with Gasteiger partial charge in [-0.1, -0.05) is 13.2 Å². The zero-order chi connectivity index (χ0) is 38.5. The Morgan fingerprint density at radius 2 is 1.02 bits per heavy atom. The predicted molar refractivity (Wildman–Crippen MR) is 202 cm³/mol. The summed E-state index contributed by atoms with van der Waals surface area (Å²) in [5.74, 6) is 0.246. The number of benzene rings is 3. The molecule has 4 aromatic rings. The molecule has 0 aliphatic rings. The topological polar surface area (TPSA) is 137 Å². The van der Waals surface area contributed by atoms with E-state index in [1.54, 1.807) is 79.7 Å². The maximum absolute atomic E-state index is 13.2. The molecule has 0 unspecified atom stereocenters. The van der Waals surface area contributed by atoms with Crippen molar-refractivity contribution >= 4 is 23.9 Å². The third kappa shape index (κ3) is 13.1. The van der Waals surface area contributed by atoms with Crippen LogP contribution in [0.3, 0.4) is 0 Å². The second kappa shape index (κ2) is 22.1. The Morgan fingerprint density at radius 3 is 1.46 bits per heavy atom. The van der Waals surface area contributed by atoms with Crippen molar-refractivity contribution in [1.29, 1.82) is 0 Å². The molecule has 0 atom stereocenters. The van der Waals surface area contributed by atoms with Gasteiger partial charge in [0.15, 0.2) is 0 Å². The number of unbranched alkanes of at least 4 members (excludes halogenated alkanes) is 6. The molecule has 0 aliphatic carbocycles. The van der Waals surface area contributed by atoms with Crippen LogP contribution in [0.25, 0.3) is 11.3 Å². The highest BCUT2D eigenvalue weighted by Gasteiger charge is 2.21. The summed E-state index contributed by atoms with van der Waals surface area (Å²) in [7, 11) is 0. The van der Waals surface area contributed by atoms with E-state index < -0.39 is 23.9 Å². The van der Waals surface area contributed by atoms with E-state index in [9.17, 15) is 19.2 Å². The molecule has 284 valence electrons. The first-order valence-electron chi connectivity index (χ1n) is 17.9. The minimum Gasteiger partial charge on any atom is -0.494 e. The van der Waals surface area contributed by atoms with Gasteiger partial charge < -0.3 is 32.8 Å². The lowest BCUT2D eigenvalue weighted by Crippen LogP contribution is -2.12. The van der Waals surface area contributed by atoms with Crippen LogP contribution >= 0.6 is 0 Å². The molecular formula is C43H46O11. The highest BCUT2D eigenvalue weighted by atomic mass is 16.5. The van der Waals surface area contributed by atoms with Crippen molar-refractivity contribution in [2.24, 2.45) is 0 Å². The first-order valence-corrected chi connectivity index (χ1v) is 17.9. The van der Waals surface area contributed by atoms with Gasteiger partial charge in [-0.2, -0.15) is 0 Å². The molecule has 0 fully saturated rings. The lowest BCUT2D eigenvalue weighted by Gasteiger charge is -2.15. The third-order valence-corrected chi connectivity index (χ3v) is 8.17. The number of ether oxygens (including phenoxy) is 6. The van der Waals surface area contributed by atoms with Crippen LogP contribution in [0.4, 0.5) is 0 Å². The van der Waals surface area contributed by atoms with Crippen molar-refractivity contribution in [2.75, 3.05) is 26.4 Å². The fourth-order valence-corrected chi connectivity index (χ4v) is 5.24. The van der Waals surface area contributed by atoms with Gasteiger partial charge in [-0.25, -0.2) is 19.2 Å². The molecule has 0 N–H and O–H groups in total. The van der Waals surface area contributed by atoms with Gasteiger partial charge in [0.1, 0.15) is 28.8 Å². The van der Waals surface area contributed by atoms with E-state index >= 15 is 0 Å². The predicted octanol–water partition coefficient (Wildman–Crippen LogP) is 9.03. The van der Waals surface area contributed by atoms with Crippen LogP contribution in [0, 0.1) is 6.92 Å². The molecule has 0 saturated heterocycles. The Morgan fingerprint density at radius 1 is 0.574 bits per heavy atom. The van der Waals surface area contributed by atoms with Gasteiger partial charge in [-0.05, 0) is 131 Å². The zero-order valence-electron chi connectivity index (χ0n) is 30.6. The summed E-state index contributed by atoms with van der Waals surface area (Å²) in [5.41, 5.74) is 1.68. The second-order valence-corrected chi connectivity index (χ2v) is 12.1. The van der Waals surface area contributed by atoms with Crippen LogP contribution < -0.4 is 18.9 Å². The molecule has 0 aliphatic heterocycles. The number of hydrogen-bond donors (Lipinski definition) is 0. The minimum atomic E-state index is -0.579. The SMILES string of the molecule is C=CC(=O)OCCCCCCOc1ccc(C(=O)Oc2ccc(OC(=O)c3ccc(OCCCCCCOC(=O)C=C)cc3)c(-c3ccco3)c2C)cc1. The molecular weight excluding hydrogens is 692 g/mol. The van der Waals surface area contributed by atoms with Crippen molar-refractivity contribution in [2.45, 2.75) is 58.3 Å². The summed E-state index contributed by atoms with van der Waals surface area (Å²) in [6, 6.07) is 20.0. The van der Waals surface area contributed by atoms with E-state index in [0.717, 1.165) is 63.5 Å². The van der Waals surface area contributed by atoms with E-state index in [4.69, 9.17) is 32.8 Å². The summed E-state index contributed by atoms with van der Waals surface area (Å²) >= 11 is 0. The molecule has 0 bridgehead atoms. The fourth-order valence-electron chi connectivity index (χ4n) is 5.24. The van der Waals surface area contributed by atoms with Crippen LogP contribution in [0.1, 0.15) is 77.6 Å². The third-order valence-electron chi connectivity index (χ3n) is 8.17. The number of esters is 4.